The third-order valence-corrected chi connectivity index (χ3v) is 5.65. The average Bonchev–Trinajstić information content (AvgIpc) is 2.75. The largest absolute Gasteiger partial charge is 0.394 e. The first kappa shape index (κ1) is 22.6. The molecular formula is C25H37NO2. The van der Waals surface area contributed by atoms with Crippen molar-refractivity contribution < 1.29 is 10.2 Å². The monoisotopic (exact) mass is 383 g/mol. The van der Waals surface area contributed by atoms with Crippen molar-refractivity contribution in [3.8, 4) is 0 Å². The Morgan fingerprint density at radius 2 is 1.46 bits per heavy atom. The minimum Gasteiger partial charge on any atom is -0.394 e. The molecule has 0 aliphatic heterocycles. The Bertz CT molecular complexity index is 632. The molecule has 2 aromatic carbocycles. The van der Waals surface area contributed by atoms with Gasteiger partial charge in [0.1, 0.15) is 0 Å². The molecule has 0 spiro atoms. The Hall–Kier alpha value is -1.68. The van der Waals surface area contributed by atoms with Crippen LogP contribution in [-0.4, -0.2) is 33.9 Å². The number of unbranched alkanes of at least 4 members (excludes halogenated alkanes) is 4. The summed E-state index contributed by atoms with van der Waals surface area (Å²) in [6.45, 7) is 4.98. The highest BCUT2D eigenvalue weighted by Gasteiger charge is 2.29. The highest BCUT2D eigenvalue weighted by Crippen LogP contribution is 2.28. The van der Waals surface area contributed by atoms with Crippen molar-refractivity contribution in [2.24, 2.45) is 0 Å². The molecule has 3 nitrogen and oxygen atoms in total. The van der Waals surface area contributed by atoms with E-state index in [-0.39, 0.29) is 18.7 Å². The van der Waals surface area contributed by atoms with E-state index in [1.54, 1.807) is 0 Å². The summed E-state index contributed by atoms with van der Waals surface area (Å²) in [6, 6.07) is 21.0. The van der Waals surface area contributed by atoms with Gasteiger partial charge in [-0.05, 0) is 24.5 Å². The van der Waals surface area contributed by atoms with Gasteiger partial charge < -0.3 is 10.2 Å². The molecule has 0 aliphatic carbocycles. The minimum absolute atomic E-state index is 0.0676. The van der Waals surface area contributed by atoms with Crippen molar-refractivity contribution in [1.29, 1.82) is 0 Å². The second-order valence-corrected chi connectivity index (χ2v) is 7.76. The Kier molecular flexibility index (Phi) is 10.3. The van der Waals surface area contributed by atoms with Crippen LogP contribution in [0.5, 0.6) is 0 Å². The van der Waals surface area contributed by atoms with Crippen LogP contribution in [0.25, 0.3) is 0 Å². The van der Waals surface area contributed by atoms with Gasteiger partial charge in [-0.2, -0.15) is 0 Å². The van der Waals surface area contributed by atoms with Crippen LogP contribution < -0.4 is 0 Å². The van der Waals surface area contributed by atoms with Crippen molar-refractivity contribution in [2.75, 3.05) is 6.61 Å². The molecule has 0 radical (unpaired) electrons. The lowest BCUT2D eigenvalue weighted by molar-refractivity contribution is -0.0134. The van der Waals surface area contributed by atoms with Crippen LogP contribution in [0.2, 0.25) is 0 Å². The topological polar surface area (TPSA) is 43.7 Å². The number of nitrogens with zero attached hydrogens (tertiary/aromatic N) is 1. The maximum absolute atomic E-state index is 10.7. The van der Waals surface area contributed by atoms with E-state index in [2.05, 4.69) is 67.3 Å². The first-order chi connectivity index (χ1) is 13.7. The van der Waals surface area contributed by atoms with Crippen LogP contribution in [0.4, 0.5) is 0 Å². The Morgan fingerprint density at radius 1 is 0.857 bits per heavy atom. The molecule has 2 rings (SSSR count). The fraction of sp³-hybridized carbons (Fsp3) is 0.520. The van der Waals surface area contributed by atoms with Crippen LogP contribution in [0.1, 0.15) is 69.5 Å². The zero-order valence-corrected chi connectivity index (χ0v) is 17.5. The van der Waals surface area contributed by atoms with Crippen molar-refractivity contribution in [3.05, 3.63) is 71.8 Å². The van der Waals surface area contributed by atoms with E-state index >= 15 is 0 Å². The van der Waals surface area contributed by atoms with E-state index in [4.69, 9.17) is 0 Å². The standard InChI is InChI=1S/C25H37NO2/c1-3-4-5-6-13-18-24(25(28)20-27)26(19-22-14-9-7-10-15-22)21(2)23-16-11-8-12-17-23/h7-12,14-17,21,24-25,27-28H,3-6,13,18-20H2,1-2H3/t21-,24-,25+/m1/s1. The molecule has 0 saturated carbocycles. The van der Waals surface area contributed by atoms with Crippen LogP contribution >= 0.6 is 0 Å². The molecule has 2 aromatic rings. The molecule has 0 aliphatic rings. The lowest BCUT2D eigenvalue weighted by Crippen LogP contribution is -2.46. The van der Waals surface area contributed by atoms with Gasteiger partial charge in [-0.1, -0.05) is 99.7 Å². The zero-order chi connectivity index (χ0) is 20.2. The molecular weight excluding hydrogens is 346 g/mol. The van der Waals surface area contributed by atoms with E-state index in [9.17, 15) is 10.2 Å². The first-order valence-corrected chi connectivity index (χ1v) is 10.8. The second kappa shape index (κ2) is 12.7. The molecule has 0 unspecified atom stereocenters. The summed E-state index contributed by atoms with van der Waals surface area (Å²) in [5.41, 5.74) is 2.46. The highest BCUT2D eigenvalue weighted by atomic mass is 16.3. The predicted octanol–water partition coefficient (Wildman–Crippen LogP) is 5.33. The van der Waals surface area contributed by atoms with Gasteiger partial charge in [-0.3, -0.25) is 4.90 Å². The molecule has 0 bridgehead atoms. The summed E-state index contributed by atoms with van der Waals surface area (Å²) in [7, 11) is 0. The number of hydrogen-bond acceptors (Lipinski definition) is 3. The lowest BCUT2D eigenvalue weighted by Gasteiger charge is -2.39. The molecule has 0 fully saturated rings. The fourth-order valence-corrected chi connectivity index (χ4v) is 3.92. The van der Waals surface area contributed by atoms with Gasteiger partial charge in [-0.15, -0.1) is 0 Å². The summed E-state index contributed by atoms with van der Waals surface area (Å²) in [5.74, 6) is 0. The number of aliphatic hydroxyl groups is 2. The van der Waals surface area contributed by atoms with Gasteiger partial charge in [0.05, 0.1) is 12.7 Å². The summed E-state index contributed by atoms with van der Waals surface area (Å²) in [5, 5.41) is 20.4. The van der Waals surface area contributed by atoms with Crippen LogP contribution in [-0.2, 0) is 6.54 Å². The lowest BCUT2D eigenvalue weighted by atomic mass is 9.96. The van der Waals surface area contributed by atoms with Crippen molar-refractivity contribution in [2.45, 2.75) is 77.1 Å². The van der Waals surface area contributed by atoms with Crippen LogP contribution in [0, 0.1) is 0 Å². The average molecular weight is 384 g/mol. The number of benzene rings is 2. The smallest absolute Gasteiger partial charge is 0.0925 e. The van der Waals surface area contributed by atoms with E-state index in [1.165, 1.54) is 36.8 Å². The quantitative estimate of drug-likeness (QED) is 0.459. The van der Waals surface area contributed by atoms with E-state index < -0.39 is 6.10 Å². The van der Waals surface area contributed by atoms with Crippen molar-refractivity contribution in [3.63, 3.8) is 0 Å². The summed E-state index contributed by atoms with van der Waals surface area (Å²) in [6.07, 6.45) is 6.16. The Balaban J connectivity index is 2.21. The normalized spacial score (nSPS) is 14.8. The number of hydrogen-bond donors (Lipinski definition) is 2. The van der Waals surface area contributed by atoms with Gasteiger partial charge in [-0.25, -0.2) is 0 Å². The fourth-order valence-electron chi connectivity index (χ4n) is 3.92. The molecule has 0 saturated heterocycles. The molecule has 154 valence electrons. The summed E-state index contributed by atoms with van der Waals surface area (Å²) >= 11 is 0. The zero-order valence-electron chi connectivity index (χ0n) is 17.5. The third-order valence-electron chi connectivity index (χ3n) is 5.65. The van der Waals surface area contributed by atoms with E-state index in [0.717, 1.165) is 19.4 Å². The van der Waals surface area contributed by atoms with E-state index in [0.29, 0.717) is 0 Å². The molecule has 2 N–H and O–H groups in total. The molecule has 3 atom stereocenters. The highest BCUT2D eigenvalue weighted by molar-refractivity contribution is 5.20. The van der Waals surface area contributed by atoms with Gasteiger partial charge in [0.15, 0.2) is 0 Å². The number of rotatable bonds is 13. The second-order valence-electron chi connectivity index (χ2n) is 7.76. The van der Waals surface area contributed by atoms with Crippen molar-refractivity contribution in [1.82, 2.24) is 4.90 Å². The van der Waals surface area contributed by atoms with Crippen LogP contribution in [0.3, 0.4) is 0 Å². The van der Waals surface area contributed by atoms with Crippen LogP contribution in [0.15, 0.2) is 60.7 Å². The Labute approximate surface area is 171 Å². The van der Waals surface area contributed by atoms with Gasteiger partial charge in [0.25, 0.3) is 0 Å². The van der Waals surface area contributed by atoms with E-state index in [1.807, 2.05) is 12.1 Å². The summed E-state index contributed by atoms with van der Waals surface area (Å²) < 4.78 is 0. The maximum Gasteiger partial charge on any atom is 0.0925 e. The Morgan fingerprint density at radius 3 is 2.07 bits per heavy atom. The molecule has 0 aromatic heterocycles. The molecule has 28 heavy (non-hydrogen) atoms. The van der Waals surface area contributed by atoms with Crippen molar-refractivity contribution >= 4 is 0 Å². The predicted molar refractivity (Wildman–Crippen MR) is 117 cm³/mol. The summed E-state index contributed by atoms with van der Waals surface area (Å²) in [4.78, 5) is 2.37. The minimum atomic E-state index is -0.735. The van der Waals surface area contributed by atoms with Gasteiger partial charge in [0, 0.05) is 18.6 Å². The third kappa shape index (κ3) is 7.05. The molecule has 3 heteroatoms. The number of aliphatic hydroxyl groups excluding tert-OH is 2. The first-order valence-electron chi connectivity index (χ1n) is 10.8. The maximum atomic E-state index is 10.7. The molecule has 0 amide bonds. The van der Waals surface area contributed by atoms with Gasteiger partial charge in [0.2, 0.25) is 0 Å². The SMILES string of the molecule is CCCCCCC[C@H]([C@@H](O)CO)N(Cc1ccccc1)[C@H](C)c1ccccc1. The van der Waals surface area contributed by atoms with Gasteiger partial charge >= 0.3 is 0 Å². The molecule has 0 heterocycles.